The zero-order valence-electron chi connectivity index (χ0n) is 11.5. The molecule has 114 valence electrons. The molecule has 8 heteroatoms. The molecule has 6 nitrogen and oxygen atoms in total. The summed E-state index contributed by atoms with van der Waals surface area (Å²) in [5.41, 5.74) is 0.710. The molecule has 3 aromatic rings. The van der Waals surface area contributed by atoms with Crippen molar-refractivity contribution >= 4 is 40.1 Å². The Kier molecular flexibility index (Phi) is 4.60. The first kappa shape index (κ1) is 14.9. The molecule has 0 radical (unpaired) electrons. The highest BCUT2D eigenvalue weighted by atomic mass is 35.5. The summed E-state index contributed by atoms with van der Waals surface area (Å²) in [7, 11) is 0. The summed E-state index contributed by atoms with van der Waals surface area (Å²) in [6.45, 7) is 1.25. The van der Waals surface area contributed by atoms with Gasteiger partial charge < -0.3 is 10.1 Å². The second-order valence-corrected chi connectivity index (χ2v) is 5.40. The van der Waals surface area contributed by atoms with Crippen LogP contribution < -0.4 is 10.1 Å². The van der Waals surface area contributed by atoms with Crippen LogP contribution in [0.5, 0.6) is 5.75 Å². The molecule has 0 atom stereocenters. The lowest BCUT2D eigenvalue weighted by Gasteiger charge is -2.09. The first-order valence-electron chi connectivity index (χ1n) is 6.70. The van der Waals surface area contributed by atoms with Gasteiger partial charge in [-0.1, -0.05) is 23.2 Å². The number of aromatic nitrogens is 4. The van der Waals surface area contributed by atoms with Gasteiger partial charge in [0.25, 0.3) is 0 Å². The third-order valence-corrected chi connectivity index (χ3v) is 3.54. The number of benzene rings is 1. The van der Waals surface area contributed by atoms with E-state index < -0.39 is 0 Å². The van der Waals surface area contributed by atoms with E-state index in [4.69, 9.17) is 27.9 Å². The maximum Gasteiger partial charge on any atom is 0.160 e. The predicted octanol–water partition coefficient (Wildman–Crippen LogP) is 3.54. The summed E-state index contributed by atoms with van der Waals surface area (Å²) >= 11 is 11.9. The summed E-state index contributed by atoms with van der Waals surface area (Å²) in [4.78, 5) is 8.28. The number of hydrogen-bond donors (Lipinski definition) is 2. The van der Waals surface area contributed by atoms with Gasteiger partial charge in [-0.25, -0.2) is 9.97 Å². The number of ether oxygens (including phenoxy) is 1. The molecule has 0 amide bonds. The Balaban J connectivity index is 1.49. The summed E-state index contributed by atoms with van der Waals surface area (Å²) in [6.07, 6.45) is 3.98. The molecule has 2 heterocycles. The molecular formula is C14H13Cl2N5O. The van der Waals surface area contributed by atoms with Crippen LogP contribution in [-0.4, -0.2) is 33.3 Å². The van der Waals surface area contributed by atoms with Crippen LogP contribution in [0.15, 0.2) is 30.7 Å². The van der Waals surface area contributed by atoms with Crippen LogP contribution in [0.3, 0.4) is 0 Å². The van der Waals surface area contributed by atoms with Crippen LogP contribution in [0.25, 0.3) is 11.0 Å². The van der Waals surface area contributed by atoms with Crippen LogP contribution in [-0.2, 0) is 0 Å². The maximum atomic E-state index is 6.04. The highest BCUT2D eigenvalue weighted by Gasteiger charge is 2.05. The Labute approximate surface area is 136 Å². The highest BCUT2D eigenvalue weighted by molar-refractivity contribution is 6.35. The topological polar surface area (TPSA) is 75.7 Å². The molecule has 0 bridgehead atoms. The van der Waals surface area contributed by atoms with E-state index in [0.29, 0.717) is 34.6 Å². The Bertz CT molecular complexity index is 777. The van der Waals surface area contributed by atoms with Crippen LogP contribution >= 0.6 is 23.2 Å². The van der Waals surface area contributed by atoms with Gasteiger partial charge in [-0.3, -0.25) is 5.10 Å². The number of hydrogen-bond acceptors (Lipinski definition) is 5. The Morgan fingerprint density at radius 3 is 3.00 bits per heavy atom. The third kappa shape index (κ3) is 3.40. The molecule has 0 aliphatic rings. The number of fused-ring (bicyclic) bond motifs is 1. The fourth-order valence-corrected chi connectivity index (χ4v) is 2.42. The van der Waals surface area contributed by atoms with Crippen LogP contribution in [0, 0.1) is 0 Å². The summed E-state index contributed by atoms with van der Waals surface area (Å²) in [6, 6.07) is 5.17. The fourth-order valence-electron chi connectivity index (χ4n) is 1.96. The molecule has 0 saturated carbocycles. The van der Waals surface area contributed by atoms with Gasteiger partial charge in [0.2, 0.25) is 0 Å². The molecule has 0 saturated heterocycles. The van der Waals surface area contributed by atoms with Gasteiger partial charge in [0.05, 0.1) is 23.2 Å². The molecule has 2 aromatic heterocycles. The van der Waals surface area contributed by atoms with Crippen molar-refractivity contribution in [3.05, 3.63) is 40.8 Å². The van der Waals surface area contributed by atoms with Crippen molar-refractivity contribution in [2.24, 2.45) is 0 Å². The lowest BCUT2D eigenvalue weighted by atomic mass is 10.3. The second kappa shape index (κ2) is 6.81. The number of aromatic amines is 1. The lowest BCUT2D eigenvalue weighted by molar-refractivity contribution is 0.315. The SMILES string of the molecule is Clc1ccc(OCCCNc2ncnc3[nH]ncc23)c(Cl)c1. The average molecular weight is 338 g/mol. The molecule has 0 fully saturated rings. The van der Waals surface area contributed by atoms with Crippen molar-refractivity contribution in [2.45, 2.75) is 6.42 Å². The monoisotopic (exact) mass is 337 g/mol. The van der Waals surface area contributed by atoms with Gasteiger partial charge in [0.15, 0.2) is 5.65 Å². The largest absolute Gasteiger partial charge is 0.492 e. The van der Waals surface area contributed by atoms with E-state index in [2.05, 4.69) is 25.5 Å². The number of halogens is 2. The van der Waals surface area contributed by atoms with Gasteiger partial charge in [0, 0.05) is 11.6 Å². The van der Waals surface area contributed by atoms with E-state index in [0.717, 1.165) is 17.6 Å². The van der Waals surface area contributed by atoms with Crippen LogP contribution in [0.1, 0.15) is 6.42 Å². The standard InChI is InChI=1S/C14H13Cl2N5O/c15-9-2-3-12(11(16)6-9)22-5-1-4-17-13-10-7-20-21-14(10)19-8-18-13/h2-3,6-8H,1,4-5H2,(H2,17,18,19,20,21). The van der Waals surface area contributed by atoms with E-state index in [-0.39, 0.29) is 0 Å². The van der Waals surface area contributed by atoms with E-state index >= 15 is 0 Å². The molecule has 1 aromatic carbocycles. The normalized spacial score (nSPS) is 10.8. The number of nitrogens with one attached hydrogen (secondary N) is 2. The van der Waals surface area contributed by atoms with Crippen molar-refractivity contribution in [3.63, 3.8) is 0 Å². The van der Waals surface area contributed by atoms with E-state index in [9.17, 15) is 0 Å². The Hall–Kier alpha value is -2.05. The minimum Gasteiger partial charge on any atom is -0.492 e. The van der Waals surface area contributed by atoms with E-state index in [1.807, 2.05) is 0 Å². The minimum atomic E-state index is 0.511. The van der Waals surface area contributed by atoms with Gasteiger partial charge in [-0.2, -0.15) is 5.10 Å². The smallest absolute Gasteiger partial charge is 0.160 e. The molecular weight excluding hydrogens is 325 g/mol. The number of H-pyrrole nitrogens is 1. The van der Waals surface area contributed by atoms with Crippen molar-refractivity contribution < 1.29 is 4.74 Å². The molecule has 2 N–H and O–H groups in total. The number of anilines is 1. The quantitative estimate of drug-likeness (QED) is 0.673. The maximum absolute atomic E-state index is 6.04. The zero-order chi connectivity index (χ0) is 15.4. The molecule has 0 aliphatic heterocycles. The van der Waals surface area contributed by atoms with E-state index in [1.54, 1.807) is 24.4 Å². The van der Waals surface area contributed by atoms with Gasteiger partial charge >= 0.3 is 0 Å². The van der Waals surface area contributed by atoms with Gasteiger partial charge in [-0.05, 0) is 24.6 Å². The highest BCUT2D eigenvalue weighted by Crippen LogP contribution is 2.27. The van der Waals surface area contributed by atoms with Crippen molar-refractivity contribution in [1.29, 1.82) is 0 Å². The van der Waals surface area contributed by atoms with Gasteiger partial charge in [-0.15, -0.1) is 0 Å². The Morgan fingerprint density at radius 2 is 2.14 bits per heavy atom. The third-order valence-electron chi connectivity index (χ3n) is 3.01. The molecule has 0 unspecified atom stereocenters. The van der Waals surface area contributed by atoms with Crippen molar-refractivity contribution in [2.75, 3.05) is 18.5 Å². The summed E-state index contributed by atoms with van der Waals surface area (Å²) in [5, 5.41) is 12.0. The zero-order valence-corrected chi connectivity index (χ0v) is 13.0. The fraction of sp³-hybridized carbons (Fsp3) is 0.214. The second-order valence-electron chi connectivity index (χ2n) is 4.56. The van der Waals surface area contributed by atoms with Gasteiger partial charge in [0.1, 0.15) is 17.9 Å². The van der Waals surface area contributed by atoms with Crippen LogP contribution in [0.4, 0.5) is 5.82 Å². The number of rotatable bonds is 6. The Morgan fingerprint density at radius 1 is 1.23 bits per heavy atom. The van der Waals surface area contributed by atoms with Crippen molar-refractivity contribution in [3.8, 4) is 5.75 Å². The molecule has 0 aliphatic carbocycles. The molecule has 3 rings (SSSR count). The minimum absolute atomic E-state index is 0.511. The lowest BCUT2D eigenvalue weighted by Crippen LogP contribution is -2.08. The molecule has 0 spiro atoms. The number of nitrogens with zero attached hydrogens (tertiary/aromatic N) is 3. The first-order chi connectivity index (χ1) is 10.7. The van der Waals surface area contributed by atoms with Crippen LogP contribution in [0.2, 0.25) is 10.0 Å². The first-order valence-corrected chi connectivity index (χ1v) is 7.45. The summed E-state index contributed by atoms with van der Waals surface area (Å²) < 4.78 is 5.62. The average Bonchev–Trinajstić information content (AvgIpc) is 2.98. The predicted molar refractivity (Wildman–Crippen MR) is 86.7 cm³/mol. The molecule has 22 heavy (non-hydrogen) atoms. The summed E-state index contributed by atoms with van der Waals surface area (Å²) in [5.74, 6) is 1.38. The van der Waals surface area contributed by atoms with E-state index in [1.165, 1.54) is 6.33 Å². The van der Waals surface area contributed by atoms with Crippen molar-refractivity contribution in [1.82, 2.24) is 20.2 Å².